The van der Waals surface area contributed by atoms with Crippen molar-refractivity contribution in [3.63, 3.8) is 0 Å². The summed E-state index contributed by atoms with van der Waals surface area (Å²) >= 11 is 0. The fraction of sp³-hybridized carbons (Fsp3) is 0.571. The van der Waals surface area contributed by atoms with Gasteiger partial charge in [-0.3, -0.25) is 0 Å². The molecule has 102 valence electrons. The van der Waals surface area contributed by atoms with Crippen molar-refractivity contribution >= 4 is 0 Å². The Morgan fingerprint density at radius 1 is 1.47 bits per heavy atom. The summed E-state index contributed by atoms with van der Waals surface area (Å²) in [5.74, 6) is 3.92. The molecule has 1 N–H and O–H groups in total. The van der Waals surface area contributed by atoms with E-state index >= 15 is 0 Å². The molecule has 0 saturated heterocycles. The summed E-state index contributed by atoms with van der Waals surface area (Å²) in [5, 5.41) is 12.0. The number of fused-ring (bicyclic) bond motifs is 1. The average Bonchev–Trinajstić information content (AvgIpc) is 3.07. The molecule has 0 fully saturated rings. The molecule has 0 spiro atoms. The Morgan fingerprint density at radius 2 is 2.42 bits per heavy atom. The van der Waals surface area contributed by atoms with Crippen molar-refractivity contribution < 1.29 is 4.42 Å². The number of nitrogens with zero attached hydrogens (tertiary/aromatic N) is 3. The van der Waals surface area contributed by atoms with Gasteiger partial charge in [0.15, 0.2) is 0 Å². The number of hydrogen-bond acceptors (Lipinski definition) is 4. The van der Waals surface area contributed by atoms with Crippen molar-refractivity contribution in [2.45, 2.75) is 39.3 Å². The monoisotopic (exact) mass is 260 g/mol. The molecular formula is C14H20N4O. The molecular weight excluding hydrogens is 240 g/mol. The molecule has 0 unspecified atom stereocenters. The summed E-state index contributed by atoms with van der Waals surface area (Å²) < 4.78 is 7.61. The molecule has 2 aromatic rings. The van der Waals surface area contributed by atoms with Gasteiger partial charge < -0.3 is 14.3 Å². The van der Waals surface area contributed by atoms with E-state index in [1.165, 1.54) is 6.42 Å². The van der Waals surface area contributed by atoms with Gasteiger partial charge in [-0.15, -0.1) is 10.2 Å². The van der Waals surface area contributed by atoms with E-state index in [4.69, 9.17) is 4.42 Å². The largest absolute Gasteiger partial charge is 0.468 e. The molecule has 5 heteroatoms. The molecule has 0 saturated carbocycles. The van der Waals surface area contributed by atoms with Crippen LogP contribution in [0.4, 0.5) is 0 Å². The highest BCUT2D eigenvalue weighted by Gasteiger charge is 2.21. The third-order valence-corrected chi connectivity index (χ3v) is 3.75. The molecule has 2 aromatic heterocycles. The first-order chi connectivity index (χ1) is 9.36. The van der Waals surface area contributed by atoms with Gasteiger partial charge in [0.2, 0.25) is 0 Å². The second-order valence-electron chi connectivity index (χ2n) is 5.11. The minimum Gasteiger partial charge on any atom is -0.468 e. The number of aromatic nitrogens is 3. The Labute approximate surface area is 113 Å². The Morgan fingerprint density at radius 3 is 3.21 bits per heavy atom. The summed E-state index contributed by atoms with van der Waals surface area (Å²) in [4.78, 5) is 0. The van der Waals surface area contributed by atoms with E-state index in [2.05, 4.69) is 27.0 Å². The highest BCUT2D eigenvalue weighted by atomic mass is 16.3. The average molecular weight is 260 g/mol. The summed E-state index contributed by atoms with van der Waals surface area (Å²) in [5.41, 5.74) is 0. The van der Waals surface area contributed by atoms with Gasteiger partial charge in [-0.1, -0.05) is 6.92 Å². The molecule has 5 nitrogen and oxygen atoms in total. The fourth-order valence-corrected chi connectivity index (χ4v) is 2.69. The lowest BCUT2D eigenvalue weighted by molar-refractivity contribution is 0.337. The number of rotatable bonds is 5. The topological polar surface area (TPSA) is 55.9 Å². The molecule has 0 aromatic carbocycles. The van der Waals surface area contributed by atoms with Crippen LogP contribution in [0.15, 0.2) is 22.8 Å². The number of hydrogen-bond donors (Lipinski definition) is 1. The van der Waals surface area contributed by atoms with Crippen molar-refractivity contribution in [3.05, 3.63) is 35.8 Å². The van der Waals surface area contributed by atoms with E-state index in [9.17, 15) is 0 Å². The van der Waals surface area contributed by atoms with Crippen LogP contribution in [0.1, 0.15) is 30.8 Å². The zero-order chi connectivity index (χ0) is 13.1. The first kappa shape index (κ1) is 12.4. The van der Waals surface area contributed by atoms with Crippen LogP contribution in [0.2, 0.25) is 0 Å². The van der Waals surface area contributed by atoms with Crippen molar-refractivity contribution in [2.24, 2.45) is 5.92 Å². The Kier molecular flexibility index (Phi) is 3.64. The molecule has 0 amide bonds. The van der Waals surface area contributed by atoms with Gasteiger partial charge in [-0.25, -0.2) is 0 Å². The smallest absolute Gasteiger partial charge is 0.133 e. The predicted octanol–water partition coefficient (Wildman–Crippen LogP) is 1.79. The van der Waals surface area contributed by atoms with Crippen LogP contribution in [-0.2, 0) is 25.9 Å². The molecule has 0 radical (unpaired) electrons. The van der Waals surface area contributed by atoms with Crippen LogP contribution in [0.5, 0.6) is 0 Å². The normalized spacial score (nSPS) is 18.5. The number of nitrogens with one attached hydrogen (secondary N) is 1. The van der Waals surface area contributed by atoms with E-state index in [1.807, 2.05) is 12.1 Å². The summed E-state index contributed by atoms with van der Waals surface area (Å²) in [7, 11) is 0. The maximum absolute atomic E-state index is 5.32. The molecule has 1 atom stereocenters. The van der Waals surface area contributed by atoms with Crippen molar-refractivity contribution in [2.75, 3.05) is 6.54 Å². The quantitative estimate of drug-likeness (QED) is 0.890. The van der Waals surface area contributed by atoms with Gasteiger partial charge in [-0.2, -0.15) is 0 Å². The van der Waals surface area contributed by atoms with E-state index in [-0.39, 0.29) is 0 Å². The lowest BCUT2D eigenvalue weighted by Gasteiger charge is -2.24. The van der Waals surface area contributed by atoms with Gasteiger partial charge >= 0.3 is 0 Å². The van der Waals surface area contributed by atoms with Crippen molar-refractivity contribution in [3.8, 4) is 0 Å². The summed E-state index contributed by atoms with van der Waals surface area (Å²) in [6, 6.07) is 3.93. The van der Waals surface area contributed by atoms with Crippen LogP contribution < -0.4 is 5.32 Å². The summed E-state index contributed by atoms with van der Waals surface area (Å²) in [6.07, 6.45) is 4.90. The molecule has 1 aliphatic rings. The number of aryl methyl sites for hydroxylation is 2. The molecule has 3 heterocycles. The first-order valence-electron chi connectivity index (χ1n) is 7.01. The summed E-state index contributed by atoms with van der Waals surface area (Å²) in [6.45, 7) is 4.99. The van der Waals surface area contributed by atoms with Crippen LogP contribution in [0, 0.1) is 5.92 Å². The zero-order valence-corrected chi connectivity index (χ0v) is 11.3. The lowest BCUT2D eigenvalue weighted by atomic mass is 9.99. The first-order valence-corrected chi connectivity index (χ1v) is 7.01. The third kappa shape index (κ3) is 2.71. The van der Waals surface area contributed by atoms with Crippen molar-refractivity contribution in [1.29, 1.82) is 0 Å². The second-order valence-corrected chi connectivity index (χ2v) is 5.11. The maximum atomic E-state index is 5.32. The van der Waals surface area contributed by atoms with Crippen LogP contribution in [0.25, 0.3) is 0 Å². The molecule has 0 bridgehead atoms. The van der Waals surface area contributed by atoms with Gasteiger partial charge in [0, 0.05) is 25.9 Å². The molecule has 3 rings (SSSR count). The highest BCUT2D eigenvalue weighted by Crippen LogP contribution is 2.19. The van der Waals surface area contributed by atoms with E-state index in [0.29, 0.717) is 5.92 Å². The minimum atomic E-state index is 0.656. The molecule has 19 heavy (non-hydrogen) atoms. The maximum Gasteiger partial charge on any atom is 0.133 e. The highest BCUT2D eigenvalue weighted by molar-refractivity contribution is 5.00. The molecule has 1 aliphatic heterocycles. The van der Waals surface area contributed by atoms with Crippen LogP contribution in [-0.4, -0.2) is 21.3 Å². The SMILES string of the molecule is CCc1nnc2n1C[C@@H](CNCc1ccco1)CC2. The van der Waals surface area contributed by atoms with Crippen LogP contribution >= 0.6 is 0 Å². The minimum absolute atomic E-state index is 0.656. The van der Waals surface area contributed by atoms with E-state index in [1.54, 1.807) is 6.26 Å². The fourth-order valence-electron chi connectivity index (χ4n) is 2.69. The zero-order valence-electron chi connectivity index (χ0n) is 11.3. The van der Waals surface area contributed by atoms with Crippen molar-refractivity contribution in [1.82, 2.24) is 20.1 Å². The van der Waals surface area contributed by atoms with Crippen LogP contribution in [0.3, 0.4) is 0 Å². The second kappa shape index (κ2) is 5.57. The van der Waals surface area contributed by atoms with Gasteiger partial charge in [0.1, 0.15) is 17.4 Å². The van der Waals surface area contributed by atoms with E-state index in [0.717, 1.165) is 49.9 Å². The van der Waals surface area contributed by atoms with E-state index < -0.39 is 0 Å². The third-order valence-electron chi connectivity index (χ3n) is 3.75. The van der Waals surface area contributed by atoms with Gasteiger partial charge in [0.25, 0.3) is 0 Å². The predicted molar refractivity (Wildman–Crippen MR) is 71.6 cm³/mol. The van der Waals surface area contributed by atoms with Gasteiger partial charge in [-0.05, 0) is 24.5 Å². The molecule has 0 aliphatic carbocycles. The lowest BCUT2D eigenvalue weighted by Crippen LogP contribution is -2.30. The van der Waals surface area contributed by atoms with Gasteiger partial charge in [0.05, 0.1) is 12.8 Å². The standard InChI is InChI=1S/C14H20N4O/c1-2-13-16-17-14-6-5-11(10-18(13)14)8-15-9-12-4-3-7-19-12/h3-4,7,11,15H,2,5-6,8-10H2,1H3/t11-/m1/s1. The Bertz CT molecular complexity index is 504. The number of furan rings is 1. The Hall–Kier alpha value is -1.62. The Balaban J connectivity index is 1.53.